The maximum atomic E-state index is 5.29. The minimum absolute atomic E-state index is 0.636. The van der Waals surface area contributed by atoms with Crippen LogP contribution in [0.3, 0.4) is 0 Å². The normalized spacial score (nSPS) is 21.4. The van der Waals surface area contributed by atoms with Crippen molar-refractivity contribution in [2.24, 2.45) is 0 Å². The minimum atomic E-state index is 0.636. The van der Waals surface area contributed by atoms with Crippen LogP contribution >= 0.6 is 28.1 Å². The lowest BCUT2D eigenvalue weighted by atomic mass is 9.85. The van der Waals surface area contributed by atoms with Gasteiger partial charge in [0, 0.05) is 17.5 Å². The van der Waals surface area contributed by atoms with E-state index in [1.807, 2.05) is 0 Å². The van der Waals surface area contributed by atoms with Gasteiger partial charge in [0.05, 0.1) is 4.47 Å². The molecule has 80 valence electrons. The van der Waals surface area contributed by atoms with Crippen LogP contribution in [0.25, 0.3) is 0 Å². The van der Waals surface area contributed by atoms with Crippen molar-refractivity contribution in [3.63, 3.8) is 0 Å². The quantitative estimate of drug-likeness (QED) is 0.830. The summed E-state index contributed by atoms with van der Waals surface area (Å²) in [6.07, 6.45) is 6.45. The molecule has 0 atom stereocenters. The van der Waals surface area contributed by atoms with E-state index in [0.717, 1.165) is 14.9 Å². The van der Waals surface area contributed by atoms with Crippen molar-refractivity contribution < 1.29 is 0 Å². The predicted molar refractivity (Wildman–Crippen MR) is 65.7 cm³/mol. The van der Waals surface area contributed by atoms with Gasteiger partial charge in [-0.1, -0.05) is 18.6 Å². The highest BCUT2D eigenvalue weighted by Gasteiger charge is 2.29. The lowest BCUT2D eigenvalue weighted by Crippen LogP contribution is -2.14. The zero-order valence-corrected chi connectivity index (χ0v) is 10.8. The first-order chi connectivity index (χ1) is 7.25. The van der Waals surface area contributed by atoms with Crippen LogP contribution in [-0.4, -0.2) is 9.97 Å². The van der Waals surface area contributed by atoms with Gasteiger partial charge in [-0.3, -0.25) is 0 Å². The lowest BCUT2D eigenvalue weighted by Gasteiger charge is -2.25. The second kappa shape index (κ2) is 3.67. The van der Waals surface area contributed by atoms with Crippen LogP contribution in [0, 0.1) is 4.64 Å². The van der Waals surface area contributed by atoms with E-state index in [-0.39, 0.29) is 0 Å². The molecule has 4 heteroatoms. The summed E-state index contributed by atoms with van der Waals surface area (Å²) in [4.78, 5) is 7.97. The maximum absolute atomic E-state index is 5.29. The zero-order valence-electron chi connectivity index (χ0n) is 8.42. The van der Waals surface area contributed by atoms with Crippen molar-refractivity contribution >= 4 is 28.1 Å². The van der Waals surface area contributed by atoms with Gasteiger partial charge in [-0.05, 0) is 41.6 Å². The van der Waals surface area contributed by atoms with E-state index in [0.29, 0.717) is 11.8 Å². The van der Waals surface area contributed by atoms with Crippen molar-refractivity contribution in [2.75, 3.05) is 0 Å². The van der Waals surface area contributed by atoms with Gasteiger partial charge in [0.1, 0.15) is 10.5 Å². The molecule has 0 spiro atoms. The van der Waals surface area contributed by atoms with Crippen LogP contribution in [0.15, 0.2) is 4.47 Å². The van der Waals surface area contributed by atoms with E-state index in [1.165, 1.54) is 37.8 Å². The molecule has 1 N–H and O–H groups in total. The summed E-state index contributed by atoms with van der Waals surface area (Å²) in [5, 5.41) is 0. The summed E-state index contributed by atoms with van der Waals surface area (Å²) >= 11 is 8.83. The standard InChI is InChI=1S/C11H13BrN2S/c12-8-9(6-4-5-6)13-10(14-11(8)15)7-2-1-3-7/h6-7H,1-5H2,(H,13,14,15). The Morgan fingerprint density at radius 3 is 2.47 bits per heavy atom. The Balaban J connectivity index is 2.04. The lowest BCUT2D eigenvalue weighted by molar-refractivity contribution is 0.399. The molecule has 0 aliphatic heterocycles. The van der Waals surface area contributed by atoms with Crippen LogP contribution in [0.2, 0.25) is 0 Å². The van der Waals surface area contributed by atoms with Gasteiger partial charge in [0.2, 0.25) is 0 Å². The molecular weight excluding hydrogens is 272 g/mol. The van der Waals surface area contributed by atoms with Gasteiger partial charge in [-0.25, -0.2) is 4.98 Å². The van der Waals surface area contributed by atoms with E-state index >= 15 is 0 Å². The summed E-state index contributed by atoms with van der Waals surface area (Å²) in [7, 11) is 0. The highest BCUT2D eigenvalue weighted by atomic mass is 79.9. The SMILES string of the molecule is S=c1nc(C2CCC2)[nH]c(C2CC2)c1Br. The van der Waals surface area contributed by atoms with Gasteiger partial charge in [-0.2, -0.15) is 0 Å². The molecule has 15 heavy (non-hydrogen) atoms. The molecule has 2 aliphatic rings. The van der Waals surface area contributed by atoms with Crippen molar-refractivity contribution in [3.05, 3.63) is 20.6 Å². The average molecular weight is 285 g/mol. The molecule has 1 aromatic heterocycles. The monoisotopic (exact) mass is 284 g/mol. The predicted octanol–water partition coefficient (Wildman–Crippen LogP) is 4.05. The van der Waals surface area contributed by atoms with E-state index in [1.54, 1.807) is 0 Å². The first-order valence-corrected chi connectivity index (χ1v) is 6.75. The van der Waals surface area contributed by atoms with Crippen molar-refractivity contribution in [2.45, 2.75) is 43.9 Å². The number of hydrogen-bond donors (Lipinski definition) is 1. The van der Waals surface area contributed by atoms with E-state index in [2.05, 4.69) is 25.9 Å². The molecule has 0 saturated heterocycles. The molecule has 2 aliphatic carbocycles. The maximum Gasteiger partial charge on any atom is 0.144 e. The van der Waals surface area contributed by atoms with Crippen molar-refractivity contribution in [3.8, 4) is 0 Å². The Morgan fingerprint density at radius 1 is 1.20 bits per heavy atom. The summed E-state index contributed by atoms with van der Waals surface area (Å²) < 4.78 is 1.75. The molecule has 3 rings (SSSR count). The highest BCUT2D eigenvalue weighted by molar-refractivity contribution is 9.10. The van der Waals surface area contributed by atoms with Crippen molar-refractivity contribution in [1.82, 2.24) is 9.97 Å². The number of halogens is 1. The molecule has 1 aromatic rings. The minimum Gasteiger partial charge on any atom is -0.346 e. The summed E-state index contributed by atoms with van der Waals surface area (Å²) in [6, 6.07) is 0. The number of H-pyrrole nitrogens is 1. The first kappa shape index (κ1) is 9.97. The summed E-state index contributed by atoms with van der Waals surface area (Å²) in [6.45, 7) is 0. The third-order valence-electron chi connectivity index (χ3n) is 3.39. The Morgan fingerprint density at radius 2 is 1.93 bits per heavy atom. The summed E-state index contributed by atoms with van der Waals surface area (Å²) in [5.41, 5.74) is 1.29. The number of aromatic amines is 1. The molecule has 0 bridgehead atoms. The van der Waals surface area contributed by atoms with Crippen LogP contribution < -0.4 is 0 Å². The number of rotatable bonds is 2. The van der Waals surface area contributed by atoms with Crippen molar-refractivity contribution in [1.29, 1.82) is 0 Å². The molecule has 2 saturated carbocycles. The molecule has 2 fully saturated rings. The largest absolute Gasteiger partial charge is 0.346 e. The topological polar surface area (TPSA) is 28.7 Å². The highest BCUT2D eigenvalue weighted by Crippen LogP contribution is 2.43. The number of nitrogens with one attached hydrogen (secondary N) is 1. The van der Waals surface area contributed by atoms with Gasteiger partial charge >= 0.3 is 0 Å². The Kier molecular flexibility index (Phi) is 2.44. The second-order valence-electron chi connectivity index (χ2n) is 4.56. The fourth-order valence-electron chi connectivity index (χ4n) is 2.02. The van der Waals surface area contributed by atoms with Crippen LogP contribution in [0.1, 0.15) is 55.5 Å². The molecule has 2 nitrogen and oxygen atoms in total. The molecule has 1 heterocycles. The van der Waals surface area contributed by atoms with Crippen LogP contribution in [0.5, 0.6) is 0 Å². The third-order valence-corrected chi connectivity index (χ3v) is 4.75. The number of nitrogens with zero attached hydrogens (tertiary/aromatic N) is 1. The molecule has 0 radical (unpaired) electrons. The Labute approximate surface area is 103 Å². The number of hydrogen-bond acceptors (Lipinski definition) is 2. The van der Waals surface area contributed by atoms with Crippen LogP contribution in [0.4, 0.5) is 0 Å². The molecular formula is C11H13BrN2S. The first-order valence-electron chi connectivity index (χ1n) is 5.55. The van der Waals surface area contributed by atoms with Gasteiger partial charge in [0.25, 0.3) is 0 Å². The third kappa shape index (κ3) is 1.78. The van der Waals surface area contributed by atoms with Gasteiger partial charge in [-0.15, -0.1) is 0 Å². The fourth-order valence-corrected chi connectivity index (χ4v) is 2.74. The zero-order chi connectivity index (χ0) is 10.4. The Hall–Kier alpha value is -0.220. The van der Waals surface area contributed by atoms with E-state index in [9.17, 15) is 0 Å². The van der Waals surface area contributed by atoms with Crippen LogP contribution in [-0.2, 0) is 0 Å². The molecule has 0 aromatic carbocycles. The summed E-state index contributed by atoms with van der Waals surface area (Å²) in [5.74, 6) is 2.46. The second-order valence-corrected chi connectivity index (χ2v) is 5.74. The smallest absolute Gasteiger partial charge is 0.144 e. The Bertz CT molecular complexity index is 446. The van der Waals surface area contributed by atoms with E-state index < -0.39 is 0 Å². The molecule has 0 unspecified atom stereocenters. The number of aromatic nitrogens is 2. The van der Waals surface area contributed by atoms with E-state index in [4.69, 9.17) is 12.2 Å². The van der Waals surface area contributed by atoms with Gasteiger partial charge < -0.3 is 4.98 Å². The average Bonchev–Trinajstić information content (AvgIpc) is 2.90. The molecule has 0 amide bonds. The fraction of sp³-hybridized carbons (Fsp3) is 0.636. The van der Waals surface area contributed by atoms with Gasteiger partial charge in [0.15, 0.2) is 0 Å².